The van der Waals surface area contributed by atoms with Crippen molar-refractivity contribution in [1.29, 1.82) is 0 Å². The van der Waals surface area contributed by atoms with Gasteiger partial charge in [-0.05, 0) is 69.4 Å². The Morgan fingerprint density at radius 1 is 1.09 bits per heavy atom. The van der Waals surface area contributed by atoms with Gasteiger partial charge < -0.3 is 4.74 Å². The smallest absolute Gasteiger partial charge is 0.126 e. The van der Waals surface area contributed by atoms with E-state index in [0.717, 1.165) is 5.92 Å². The van der Waals surface area contributed by atoms with Crippen LogP contribution in [0, 0.1) is 18.8 Å². The Bertz CT molecular complexity index is 664. The molecule has 0 heterocycles. The van der Waals surface area contributed by atoms with E-state index < -0.39 is 0 Å². The van der Waals surface area contributed by atoms with Gasteiger partial charge in [0.2, 0.25) is 0 Å². The second-order valence-corrected chi connectivity index (χ2v) is 7.58. The van der Waals surface area contributed by atoms with E-state index in [1.165, 1.54) is 68.3 Å². The predicted molar refractivity (Wildman–Crippen MR) is 96.1 cm³/mol. The van der Waals surface area contributed by atoms with E-state index in [0.29, 0.717) is 5.92 Å². The van der Waals surface area contributed by atoms with Gasteiger partial charge in [0.15, 0.2) is 0 Å². The number of hydrogen-bond donors (Lipinski definition) is 0. The minimum Gasteiger partial charge on any atom is -0.496 e. The molecular formula is C22H28O. The SMILES string of the molecule is CO/C(=C1\C2CCCC1C1=C(CCCC1)C2)c1cccc(C)c1. The Morgan fingerprint density at radius 3 is 2.78 bits per heavy atom. The summed E-state index contributed by atoms with van der Waals surface area (Å²) in [5, 5.41) is 0. The Balaban J connectivity index is 1.84. The average molecular weight is 308 g/mol. The van der Waals surface area contributed by atoms with E-state index in [1.807, 2.05) is 12.7 Å². The molecular weight excluding hydrogens is 280 g/mol. The average Bonchev–Trinajstić information content (AvgIpc) is 2.56. The van der Waals surface area contributed by atoms with Gasteiger partial charge in [0, 0.05) is 11.5 Å². The Hall–Kier alpha value is -1.50. The summed E-state index contributed by atoms with van der Waals surface area (Å²) in [6.45, 7) is 2.17. The molecule has 0 amide bonds. The van der Waals surface area contributed by atoms with Crippen LogP contribution in [0.4, 0.5) is 0 Å². The van der Waals surface area contributed by atoms with E-state index in [4.69, 9.17) is 4.74 Å². The normalized spacial score (nSPS) is 29.1. The fraction of sp³-hybridized carbons (Fsp3) is 0.545. The minimum atomic E-state index is 0.674. The number of aryl methyl sites for hydroxylation is 1. The molecule has 0 radical (unpaired) electrons. The molecule has 23 heavy (non-hydrogen) atoms. The highest BCUT2D eigenvalue weighted by Crippen LogP contribution is 2.53. The van der Waals surface area contributed by atoms with Crippen molar-refractivity contribution in [1.82, 2.24) is 0 Å². The monoisotopic (exact) mass is 308 g/mol. The summed E-state index contributed by atoms with van der Waals surface area (Å²) >= 11 is 0. The summed E-state index contributed by atoms with van der Waals surface area (Å²) < 4.78 is 6.00. The van der Waals surface area contributed by atoms with Crippen molar-refractivity contribution >= 4 is 5.76 Å². The van der Waals surface area contributed by atoms with Crippen molar-refractivity contribution in [2.45, 2.75) is 58.3 Å². The highest BCUT2D eigenvalue weighted by molar-refractivity contribution is 5.66. The van der Waals surface area contributed by atoms with Crippen molar-refractivity contribution in [3.8, 4) is 0 Å². The zero-order valence-electron chi connectivity index (χ0n) is 14.5. The standard InChI is InChI=1S/C22H28O/c1-15-7-5-10-18(13-15)22(23-2)21-17-9-6-12-20(21)19-11-4-3-8-16(19)14-17/h5,7,10,13,17,20H,3-4,6,8-9,11-12,14H2,1-2H3/b22-21+. The molecule has 0 aromatic heterocycles. The van der Waals surface area contributed by atoms with Crippen molar-refractivity contribution in [2.24, 2.45) is 11.8 Å². The van der Waals surface area contributed by atoms with Crippen LogP contribution in [0.25, 0.3) is 5.76 Å². The third kappa shape index (κ3) is 2.65. The number of fused-ring (bicyclic) bond motifs is 3. The molecule has 3 aliphatic carbocycles. The topological polar surface area (TPSA) is 9.23 Å². The van der Waals surface area contributed by atoms with Gasteiger partial charge in [0.05, 0.1) is 7.11 Å². The lowest BCUT2D eigenvalue weighted by Gasteiger charge is -2.43. The summed E-state index contributed by atoms with van der Waals surface area (Å²) in [7, 11) is 1.87. The fourth-order valence-corrected chi connectivity index (χ4v) is 5.21. The quantitative estimate of drug-likeness (QED) is 0.478. The summed E-state index contributed by atoms with van der Waals surface area (Å²) in [5.41, 5.74) is 7.83. The molecule has 1 heteroatoms. The van der Waals surface area contributed by atoms with Crippen molar-refractivity contribution in [2.75, 3.05) is 7.11 Å². The van der Waals surface area contributed by atoms with Crippen LogP contribution in [-0.4, -0.2) is 7.11 Å². The molecule has 1 saturated carbocycles. The van der Waals surface area contributed by atoms with Gasteiger partial charge in [-0.25, -0.2) is 0 Å². The van der Waals surface area contributed by atoms with Gasteiger partial charge >= 0.3 is 0 Å². The molecule has 4 rings (SSSR count). The van der Waals surface area contributed by atoms with Gasteiger partial charge in [-0.3, -0.25) is 0 Å². The molecule has 3 aliphatic rings. The number of benzene rings is 1. The van der Waals surface area contributed by atoms with Gasteiger partial charge in [0.1, 0.15) is 5.76 Å². The van der Waals surface area contributed by atoms with Crippen LogP contribution < -0.4 is 0 Å². The van der Waals surface area contributed by atoms with Gasteiger partial charge in [-0.1, -0.05) is 41.3 Å². The number of hydrogen-bond acceptors (Lipinski definition) is 1. The van der Waals surface area contributed by atoms with Crippen LogP contribution in [0.15, 0.2) is 41.0 Å². The molecule has 0 aliphatic heterocycles. The van der Waals surface area contributed by atoms with E-state index >= 15 is 0 Å². The maximum Gasteiger partial charge on any atom is 0.126 e. The van der Waals surface area contributed by atoms with Crippen LogP contribution in [0.5, 0.6) is 0 Å². The zero-order chi connectivity index (χ0) is 15.8. The maximum atomic E-state index is 6.00. The first-order valence-corrected chi connectivity index (χ1v) is 9.34. The Morgan fingerprint density at radius 2 is 1.96 bits per heavy atom. The number of ether oxygens (including phenoxy) is 1. The highest BCUT2D eigenvalue weighted by Gasteiger charge is 2.39. The first kappa shape index (κ1) is 15.1. The molecule has 1 fully saturated rings. The third-order valence-electron chi connectivity index (χ3n) is 6.15. The van der Waals surface area contributed by atoms with Crippen LogP contribution in [0.3, 0.4) is 0 Å². The van der Waals surface area contributed by atoms with Gasteiger partial charge in [0.25, 0.3) is 0 Å². The van der Waals surface area contributed by atoms with Gasteiger partial charge in [-0.2, -0.15) is 0 Å². The summed E-state index contributed by atoms with van der Waals surface area (Å²) in [6, 6.07) is 8.84. The zero-order valence-corrected chi connectivity index (χ0v) is 14.5. The lowest BCUT2D eigenvalue weighted by Crippen LogP contribution is -2.30. The molecule has 1 aromatic rings. The Kier molecular flexibility index (Phi) is 4.05. The van der Waals surface area contributed by atoms with E-state index in [9.17, 15) is 0 Å². The molecule has 0 saturated heterocycles. The van der Waals surface area contributed by atoms with Crippen LogP contribution in [-0.2, 0) is 4.74 Å². The lowest BCUT2D eigenvalue weighted by molar-refractivity contribution is 0.311. The first-order chi connectivity index (χ1) is 11.3. The van der Waals surface area contributed by atoms with E-state index in [-0.39, 0.29) is 0 Å². The van der Waals surface area contributed by atoms with Crippen molar-refractivity contribution < 1.29 is 4.74 Å². The van der Waals surface area contributed by atoms with Crippen molar-refractivity contribution in [3.63, 3.8) is 0 Å². The molecule has 1 aromatic carbocycles. The number of rotatable bonds is 2. The number of methoxy groups -OCH3 is 1. The largest absolute Gasteiger partial charge is 0.496 e. The van der Waals surface area contributed by atoms with Crippen LogP contribution in [0.2, 0.25) is 0 Å². The summed E-state index contributed by atoms with van der Waals surface area (Å²) in [6.07, 6.45) is 10.9. The van der Waals surface area contributed by atoms with Crippen LogP contribution in [0.1, 0.15) is 62.5 Å². The summed E-state index contributed by atoms with van der Waals surface area (Å²) in [5.74, 6) is 2.58. The van der Waals surface area contributed by atoms with E-state index in [2.05, 4.69) is 31.2 Å². The Labute approximate surface area is 140 Å². The molecule has 1 nitrogen and oxygen atoms in total. The van der Waals surface area contributed by atoms with Gasteiger partial charge in [-0.15, -0.1) is 0 Å². The molecule has 2 unspecified atom stereocenters. The number of allylic oxidation sites excluding steroid dienone is 3. The van der Waals surface area contributed by atoms with Crippen molar-refractivity contribution in [3.05, 3.63) is 52.1 Å². The maximum absolute atomic E-state index is 6.00. The van der Waals surface area contributed by atoms with Crippen LogP contribution >= 0.6 is 0 Å². The first-order valence-electron chi connectivity index (χ1n) is 9.34. The minimum absolute atomic E-state index is 0.674. The highest BCUT2D eigenvalue weighted by atomic mass is 16.5. The second kappa shape index (κ2) is 6.19. The molecule has 0 N–H and O–H groups in total. The molecule has 2 bridgehead atoms. The molecule has 122 valence electrons. The predicted octanol–water partition coefficient (Wildman–Crippen LogP) is 6.04. The lowest BCUT2D eigenvalue weighted by atomic mass is 9.62. The fourth-order valence-electron chi connectivity index (χ4n) is 5.21. The summed E-state index contributed by atoms with van der Waals surface area (Å²) in [4.78, 5) is 0. The third-order valence-corrected chi connectivity index (χ3v) is 6.15. The second-order valence-electron chi connectivity index (χ2n) is 7.58. The van der Waals surface area contributed by atoms with E-state index in [1.54, 1.807) is 11.1 Å². The molecule has 2 atom stereocenters. The molecule has 0 spiro atoms.